The van der Waals surface area contributed by atoms with Crippen LogP contribution in [0, 0.1) is 13.8 Å². The Balaban J connectivity index is 2.10. The zero-order valence-corrected chi connectivity index (χ0v) is 12.4. The average molecular weight is 310 g/mol. The molecule has 0 saturated carbocycles. The van der Waals surface area contributed by atoms with Crippen molar-refractivity contribution >= 4 is 28.3 Å². The largest absolute Gasteiger partial charge is 0.478 e. The molecule has 0 bridgehead atoms. The van der Waals surface area contributed by atoms with Crippen LogP contribution in [0.5, 0.6) is 0 Å². The normalized spacial score (nSPS) is 12.0. The number of hydrogen-bond acceptors (Lipinski definition) is 6. The second-order valence-corrected chi connectivity index (χ2v) is 5.61. The minimum Gasteiger partial charge on any atom is -0.478 e. The molecule has 112 valence electrons. The summed E-state index contributed by atoms with van der Waals surface area (Å²) in [4.78, 5) is 24.0. The van der Waals surface area contributed by atoms with Gasteiger partial charge >= 0.3 is 12.0 Å². The molecule has 2 aromatic rings. The molecule has 9 nitrogen and oxygen atoms in total. The van der Waals surface area contributed by atoms with Crippen LogP contribution in [0.3, 0.4) is 0 Å². The van der Waals surface area contributed by atoms with E-state index in [1.54, 1.807) is 20.8 Å². The number of rotatable bonds is 4. The Hall–Kier alpha value is -2.49. The lowest BCUT2D eigenvalue weighted by atomic mass is 10.1. The summed E-state index contributed by atoms with van der Waals surface area (Å²) < 4.78 is 0. The van der Waals surface area contributed by atoms with Gasteiger partial charge in [0.1, 0.15) is 5.00 Å². The number of aryl methyl sites for hydroxylation is 1. The fourth-order valence-electron chi connectivity index (χ4n) is 1.73. The molecule has 2 rings (SSSR count). The molecule has 0 aliphatic carbocycles. The predicted octanol–water partition coefficient (Wildman–Crippen LogP) is 1.46. The van der Waals surface area contributed by atoms with Crippen molar-refractivity contribution in [3.8, 4) is 0 Å². The fourth-order valence-corrected chi connectivity index (χ4v) is 2.77. The minimum absolute atomic E-state index is 0.111. The van der Waals surface area contributed by atoms with Gasteiger partial charge in [-0.25, -0.2) is 9.59 Å². The Morgan fingerprint density at radius 2 is 2.10 bits per heavy atom. The fraction of sp³-hybridized carbons (Fsp3) is 0.364. The average Bonchev–Trinajstić information content (AvgIpc) is 2.99. The number of carbonyl (C=O) groups excluding carboxylic acids is 1. The predicted molar refractivity (Wildman–Crippen MR) is 75.5 cm³/mol. The van der Waals surface area contributed by atoms with Crippen LogP contribution >= 0.6 is 11.3 Å². The molecule has 0 saturated heterocycles. The lowest BCUT2D eigenvalue weighted by Gasteiger charge is -2.10. The van der Waals surface area contributed by atoms with Crippen molar-refractivity contribution in [1.29, 1.82) is 0 Å². The minimum atomic E-state index is -1.07. The number of aromatic carboxylic acids is 1. The van der Waals surface area contributed by atoms with Gasteiger partial charge in [0.15, 0.2) is 5.82 Å². The van der Waals surface area contributed by atoms with Crippen molar-refractivity contribution in [3.63, 3.8) is 0 Å². The number of hydrogen-bond donors (Lipinski definition) is 4. The van der Waals surface area contributed by atoms with Gasteiger partial charge in [0, 0.05) is 4.88 Å². The first kappa shape index (κ1) is 14.9. The van der Waals surface area contributed by atoms with Gasteiger partial charge in [0.25, 0.3) is 0 Å². The number of tetrazole rings is 1. The van der Waals surface area contributed by atoms with Crippen molar-refractivity contribution < 1.29 is 14.7 Å². The first-order valence-electron chi connectivity index (χ1n) is 6.04. The number of carboxylic acids is 1. The van der Waals surface area contributed by atoms with Gasteiger partial charge in [-0.1, -0.05) is 5.21 Å². The Morgan fingerprint density at radius 3 is 2.67 bits per heavy atom. The second kappa shape index (κ2) is 5.87. The van der Waals surface area contributed by atoms with Crippen LogP contribution in [0.2, 0.25) is 0 Å². The summed E-state index contributed by atoms with van der Waals surface area (Å²) in [5.74, 6) is -0.736. The number of aromatic amines is 1. The number of nitrogens with zero attached hydrogens (tertiary/aromatic N) is 3. The number of urea groups is 1. The summed E-state index contributed by atoms with van der Waals surface area (Å²) in [7, 11) is 0. The zero-order valence-electron chi connectivity index (χ0n) is 11.6. The quantitative estimate of drug-likeness (QED) is 0.675. The van der Waals surface area contributed by atoms with Crippen molar-refractivity contribution in [1.82, 2.24) is 25.9 Å². The van der Waals surface area contributed by atoms with Crippen LogP contribution < -0.4 is 10.6 Å². The van der Waals surface area contributed by atoms with Crippen LogP contribution in [0.4, 0.5) is 9.80 Å². The van der Waals surface area contributed by atoms with Gasteiger partial charge in [-0.2, -0.15) is 5.21 Å². The number of anilines is 1. The van der Waals surface area contributed by atoms with Gasteiger partial charge < -0.3 is 10.4 Å². The molecule has 21 heavy (non-hydrogen) atoms. The van der Waals surface area contributed by atoms with E-state index in [9.17, 15) is 14.7 Å². The number of aromatic nitrogens is 4. The molecule has 2 amide bonds. The van der Waals surface area contributed by atoms with Crippen LogP contribution in [-0.4, -0.2) is 37.7 Å². The third-order valence-corrected chi connectivity index (χ3v) is 4.05. The molecule has 1 unspecified atom stereocenters. The molecule has 0 fully saturated rings. The molecule has 0 aromatic carbocycles. The summed E-state index contributed by atoms with van der Waals surface area (Å²) in [6, 6.07) is -0.991. The van der Waals surface area contributed by atoms with Gasteiger partial charge in [0.2, 0.25) is 0 Å². The van der Waals surface area contributed by atoms with Crippen LogP contribution in [-0.2, 0) is 0 Å². The van der Waals surface area contributed by atoms with E-state index in [-0.39, 0.29) is 5.56 Å². The number of H-pyrrole nitrogens is 1. The first-order valence-corrected chi connectivity index (χ1v) is 6.86. The number of nitrogens with one attached hydrogen (secondary N) is 3. The Morgan fingerprint density at radius 1 is 1.38 bits per heavy atom. The Bertz CT molecular complexity index is 666. The van der Waals surface area contributed by atoms with Crippen LogP contribution in [0.1, 0.15) is 39.6 Å². The third-order valence-electron chi connectivity index (χ3n) is 2.92. The van der Waals surface area contributed by atoms with E-state index in [2.05, 4.69) is 31.3 Å². The summed E-state index contributed by atoms with van der Waals surface area (Å²) in [6.07, 6.45) is 0. The van der Waals surface area contributed by atoms with Gasteiger partial charge in [-0.05, 0) is 26.3 Å². The number of thiophene rings is 1. The monoisotopic (exact) mass is 310 g/mol. The summed E-state index contributed by atoms with van der Waals surface area (Å²) in [5, 5.41) is 27.9. The maximum absolute atomic E-state index is 11.9. The standard InChI is InChI=1S/C11H14N6O3S/c1-4-6(3)21-9(7(4)10(18)19)13-11(20)12-5(2)8-14-16-17-15-8/h5H,1-3H3,(H,18,19)(H2,12,13,20)(H,14,15,16,17). The summed E-state index contributed by atoms with van der Waals surface area (Å²) in [5.41, 5.74) is 0.758. The van der Waals surface area contributed by atoms with Crippen molar-refractivity contribution in [2.45, 2.75) is 26.8 Å². The molecule has 0 aliphatic rings. The zero-order chi connectivity index (χ0) is 15.6. The second-order valence-electron chi connectivity index (χ2n) is 4.38. The Labute approximate surface area is 123 Å². The molecular formula is C11H14N6O3S. The molecule has 0 radical (unpaired) electrons. The lowest BCUT2D eigenvalue weighted by molar-refractivity contribution is 0.0697. The van der Waals surface area contributed by atoms with E-state index in [4.69, 9.17) is 0 Å². The Kier molecular flexibility index (Phi) is 4.17. The van der Waals surface area contributed by atoms with Gasteiger partial charge in [0.05, 0.1) is 11.6 Å². The number of carboxylic acid groups (broad SMARTS) is 1. The highest BCUT2D eigenvalue weighted by Gasteiger charge is 2.21. The van der Waals surface area contributed by atoms with Crippen molar-refractivity contribution in [2.24, 2.45) is 0 Å². The smallest absolute Gasteiger partial charge is 0.338 e. The summed E-state index contributed by atoms with van der Waals surface area (Å²) in [6.45, 7) is 5.20. The molecule has 0 aliphatic heterocycles. The van der Waals surface area contributed by atoms with E-state index in [0.29, 0.717) is 16.4 Å². The molecule has 2 heterocycles. The molecule has 4 N–H and O–H groups in total. The van der Waals surface area contributed by atoms with Crippen molar-refractivity contribution in [3.05, 3.63) is 21.8 Å². The van der Waals surface area contributed by atoms with E-state index in [0.717, 1.165) is 4.88 Å². The molecule has 10 heteroatoms. The highest BCUT2D eigenvalue weighted by molar-refractivity contribution is 7.16. The first-order chi connectivity index (χ1) is 9.90. The maximum Gasteiger partial charge on any atom is 0.338 e. The van der Waals surface area contributed by atoms with Crippen molar-refractivity contribution in [2.75, 3.05) is 5.32 Å². The van der Waals surface area contributed by atoms with Gasteiger partial charge in [-0.15, -0.1) is 21.5 Å². The SMILES string of the molecule is Cc1sc(NC(=O)NC(C)c2nn[nH]n2)c(C(=O)O)c1C. The van der Waals surface area contributed by atoms with E-state index in [1.807, 2.05) is 0 Å². The number of amides is 2. The highest BCUT2D eigenvalue weighted by Crippen LogP contribution is 2.32. The highest BCUT2D eigenvalue weighted by atomic mass is 32.1. The molecule has 1 atom stereocenters. The van der Waals surface area contributed by atoms with Crippen LogP contribution in [0.25, 0.3) is 0 Å². The molecule has 2 aromatic heterocycles. The molecular weight excluding hydrogens is 296 g/mol. The van der Waals surface area contributed by atoms with E-state index >= 15 is 0 Å². The van der Waals surface area contributed by atoms with E-state index < -0.39 is 18.0 Å². The lowest BCUT2D eigenvalue weighted by Crippen LogP contribution is -2.31. The van der Waals surface area contributed by atoms with Gasteiger partial charge in [-0.3, -0.25) is 5.32 Å². The molecule has 0 spiro atoms. The third kappa shape index (κ3) is 3.16. The topological polar surface area (TPSA) is 133 Å². The summed E-state index contributed by atoms with van der Waals surface area (Å²) >= 11 is 1.22. The van der Waals surface area contributed by atoms with Crippen LogP contribution in [0.15, 0.2) is 0 Å². The van der Waals surface area contributed by atoms with E-state index in [1.165, 1.54) is 11.3 Å². The number of carbonyl (C=O) groups is 2. The maximum atomic E-state index is 11.9.